The highest BCUT2D eigenvalue weighted by Gasteiger charge is 2.35. The molecule has 0 spiro atoms. The Labute approximate surface area is 344 Å². The van der Waals surface area contributed by atoms with E-state index in [9.17, 15) is 21.6 Å². The van der Waals surface area contributed by atoms with Crippen molar-refractivity contribution in [2.24, 2.45) is 0 Å². The lowest BCUT2D eigenvalue weighted by molar-refractivity contribution is 0.593. The lowest BCUT2D eigenvalue weighted by Gasteiger charge is -2.33. The predicted octanol–water partition coefficient (Wildman–Crippen LogP) is 12.0. The molecule has 1 aromatic heterocycles. The Morgan fingerprint density at radius 1 is 0.356 bits per heavy atom. The van der Waals surface area contributed by atoms with Gasteiger partial charge >= 0.3 is 0 Å². The van der Waals surface area contributed by atoms with Crippen molar-refractivity contribution >= 4 is 85.3 Å². The van der Waals surface area contributed by atoms with Crippen LogP contribution in [0.5, 0.6) is 0 Å². The first kappa shape index (κ1) is 35.3. The molecule has 8 aromatic carbocycles. The van der Waals surface area contributed by atoms with Gasteiger partial charge < -0.3 is 9.80 Å². The Morgan fingerprint density at radius 2 is 0.729 bits per heavy atom. The van der Waals surface area contributed by atoms with E-state index in [2.05, 4.69) is 6.07 Å². The van der Waals surface area contributed by atoms with Gasteiger partial charge in [0.25, 0.3) is 0 Å². The Hall–Kier alpha value is -6.85. The van der Waals surface area contributed by atoms with Crippen LogP contribution in [0.4, 0.5) is 34.1 Å². The first-order valence-electron chi connectivity index (χ1n) is 18.9. The second-order valence-corrected chi connectivity index (χ2v) is 19.4. The third-order valence-corrected chi connectivity index (χ3v) is 16.0. The van der Waals surface area contributed by atoms with Gasteiger partial charge in [0.2, 0.25) is 19.7 Å². The van der Waals surface area contributed by atoms with Crippen LogP contribution < -0.4 is 15.2 Å². The van der Waals surface area contributed by atoms with Gasteiger partial charge in [0, 0.05) is 31.5 Å². The van der Waals surface area contributed by atoms with E-state index in [-0.39, 0.29) is 25.0 Å². The lowest BCUT2D eigenvalue weighted by Crippen LogP contribution is -2.21. The molecule has 284 valence electrons. The topological polar surface area (TPSA) is 91.8 Å². The summed E-state index contributed by atoms with van der Waals surface area (Å²) in [6, 6.07) is 56.2. The first-order chi connectivity index (χ1) is 28.7. The fraction of sp³-hybridized carbons (Fsp3) is 0. The summed E-state index contributed by atoms with van der Waals surface area (Å²) in [5.41, 5.74) is 7.82. The standard InChI is InChI=1S/C49H30N2O5S3/c52-49-37-27-21-34(32-19-25-36(26-20-32)51-41-11-3-7-15-47(41)59(55,56)48-16-8-4-12-42(48)51)30-44(37)57-43-28-22-33(29-38(43)49)31-17-23-35(24-18-31)50-39-9-1-5-13-45(39)58(53,54)46-14-6-2-10-40(46)50/h1-30H. The van der Waals surface area contributed by atoms with Crippen LogP contribution in [0, 0.1) is 0 Å². The van der Waals surface area contributed by atoms with Crippen LogP contribution in [0.3, 0.4) is 0 Å². The quantitative estimate of drug-likeness (QED) is 0.163. The van der Waals surface area contributed by atoms with Gasteiger partial charge in [-0.2, -0.15) is 0 Å². The number of nitrogens with zero attached hydrogens (tertiary/aromatic N) is 2. The van der Waals surface area contributed by atoms with Crippen molar-refractivity contribution in [1.82, 2.24) is 0 Å². The van der Waals surface area contributed by atoms with Crippen molar-refractivity contribution in [3.8, 4) is 22.3 Å². The molecule has 0 amide bonds. The molecule has 0 N–H and O–H groups in total. The number of hydrogen-bond donors (Lipinski definition) is 0. The number of para-hydroxylation sites is 4. The molecule has 0 bridgehead atoms. The summed E-state index contributed by atoms with van der Waals surface area (Å²) in [5, 5.41) is 1.30. The fourth-order valence-electron chi connectivity index (χ4n) is 8.35. The van der Waals surface area contributed by atoms with E-state index in [4.69, 9.17) is 0 Å². The Bertz CT molecular complexity index is 3400. The van der Waals surface area contributed by atoms with Crippen molar-refractivity contribution in [2.75, 3.05) is 9.80 Å². The molecule has 10 heteroatoms. The van der Waals surface area contributed by atoms with Crippen LogP contribution in [-0.2, 0) is 19.7 Å². The van der Waals surface area contributed by atoms with Crippen LogP contribution >= 0.6 is 11.3 Å². The van der Waals surface area contributed by atoms with Crippen molar-refractivity contribution < 1.29 is 16.8 Å². The highest BCUT2D eigenvalue weighted by atomic mass is 32.2. The Kier molecular flexibility index (Phi) is 7.83. The van der Waals surface area contributed by atoms with Crippen LogP contribution in [0.1, 0.15) is 0 Å². The van der Waals surface area contributed by atoms with Gasteiger partial charge in [-0.15, -0.1) is 11.3 Å². The highest BCUT2D eigenvalue weighted by molar-refractivity contribution is 7.92. The summed E-state index contributed by atoms with van der Waals surface area (Å²) in [4.78, 5) is 19.1. The van der Waals surface area contributed by atoms with Gasteiger partial charge in [0.15, 0.2) is 5.43 Å². The summed E-state index contributed by atoms with van der Waals surface area (Å²) in [7, 11) is -7.32. The largest absolute Gasteiger partial charge is 0.308 e. The van der Waals surface area contributed by atoms with Crippen LogP contribution in [-0.4, -0.2) is 16.8 Å². The Balaban J connectivity index is 0.910. The zero-order chi connectivity index (χ0) is 40.0. The summed E-state index contributed by atoms with van der Waals surface area (Å²) in [6.07, 6.45) is 0. The zero-order valence-electron chi connectivity index (χ0n) is 31.0. The maximum Gasteiger partial charge on any atom is 0.210 e. The molecule has 0 saturated heterocycles. The van der Waals surface area contributed by atoms with Crippen LogP contribution in [0.25, 0.3) is 42.4 Å². The third-order valence-electron chi connectivity index (χ3n) is 11.2. The normalized spacial score (nSPS) is 14.6. The van der Waals surface area contributed by atoms with E-state index in [1.165, 1.54) is 0 Å². The molecule has 2 aliphatic rings. The maximum atomic E-state index is 14.0. The molecule has 11 rings (SSSR count). The van der Waals surface area contributed by atoms with E-state index in [1.807, 2.05) is 137 Å². The highest BCUT2D eigenvalue weighted by Crippen LogP contribution is 2.49. The molecule has 0 aliphatic carbocycles. The van der Waals surface area contributed by atoms with Gasteiger partial charge in [0.05, 0.1) is 42.3 Å². The molecule has 0 radical (unpaired) electrons. The molecule has 0 saturated carbocycles. The summed E-state index contributed by atoms with van der Waals surface area (Å²) >= 11 is 1.58. The van der Waals surface area contributed by atoms with Gasteiger partial charge in [-0.25, -0.2) is 16.8 Å². The van der Waals surface area contributed by atoms with Crippen molar-refractivity contribution in [1.29, 1.82) is 0 Å². The van der Waals surface area contributed by atoms with Gasteiger partial charge in [-0.05, 0) is 119 Å². The van der Waals surface area contributed by atoms with Crippen molar-refractivity contribution in [2.45, 2.75) is 19.6 Å². The lowest BCUT2D eigenvalue weighted by atomic mass is 10.0. The van der Waals surface area contributed by atoms with E-state index in [0.717, 1.165) is 43.0 Å². The SMILES string of the molecule is O=c1c2ccc(-c3ccc(N4c5ccccc5S(=O)(=O)c5ccccc54)cc3)cc2sc2ccc(-c3ccc(N4c5ccccc5S(=O)(=O)c5ccccc54)cc3)cc12. The maximum absolute atomic E-state index is 14.0. The van der Waals surface area contributed by atoms with E-state index >= 15 is 0 Å². The van der Waals surface area contributed by atoms with E-state index in [0.29, 0.717) is 33.5 Å². The number of sulfone groups is 2. The first-order valence-corrected chi connectivity index (χ1v) is 22.6. The van der Waals surface area contributed by atoms with Gasteiger partial charge in [0.1, 0.15) is 0 Å². The van der Waals surface area contributed by atoms with Crippen LogP contribution in [0.15, 0.2) is 206 Å². The second-order valence-electron chi connectivity index (χ2n) is 14.5. The average molecular weight is 823 g/mol. The second kappa shape index (κ2) is 13.1. The molecule has 2 aliphatic heterocycles. The Morgan fingerprint density at radius 3 is 1.17 bits per heavy atom. The monoisotopic (exact) mass is 822 g/mol. The minimum Gasteiger partial charge on any atom is -0.308 e. The minimum absolute atomic E-state index is 0.0331. The van der Waals surface area contributed by atoms with Crippen LogP contribution in [0.2, 0.25) is 0 Å². The van der Waals surface area contributed by atoms with E-state index < -0.39 is 19.7 Å². The van der Waals surface area contributed by atoms with Crippen molar-refractivity contribution in [3.05, 3.63) is 192 Å². The molecule has 7 nitrogen and oxygen atoms in total. The predicted molar refractivity (Wildman–Crippen MR) is 237 cm³/mol. The number of fused-ring (bicyclic) bond motifs is 6. The molecule has 9 aromatic rings. The molecule has 59 heavy (non-hydrogen) atoms. The third kappa shape index (κ3) is 5.41. The zero-order valence-corrected chi connectivity index (χ0v) is 33.4. The van der Waals surface area contributed by atoms with Crippen molar-refractivity contribution in [3.63, 3.8) is 0 Å². The molecular formula is C49H30N2O5S3. The molecular weight excluding hydrogens is 793 g/mol. The van der Waals surface area contributed by atoms with Gasteiger partial charge in [-0.3, -0.25) is 4.79 Å². The summed E-state index contributed by atoms with van der Waals surface area (Å²) < 4.78 is 55.7. The van der Waals surface area contributed by atoms with Gasteiger partial charge in [-0.1, -0.05) is 84.9 Å². The fourth-order valence-corrected chi connectivity index (χ4v) is 12.7. The number of anilines is 6. The molecule has 0 atom stereocenters. The number of benzene rings is 8. The molecule has 0 unspecified atom stereocenters. The smallest absolute Gasteiger partial charge is 0.210 e. The molecule has 3 heterocycles. The summed E-state index contributed by atoms with van der Waals surface area (Å²) in [5.74, 6) is 0. The number of hydrogen-bond acceptors (Lipinski definition) is 8. The minimum atomic E-state index is -3.66. The number of rotatable bonds is 4. The van der Waals surface area contributed by atoms with E-state index in [1.54, 1.807) is 59.9 Å². The average Bonchev–Trinajstić information content (AvgIpc) is 3.27. The summed E-state index contributed by atoms with van der Waals surface area (Å²) in [6.45, 7) is 0. The molecule has 0 fully saturated rings.